The van der Waals surface area contributed by atoms with Gasteiger partial charge in [0.25, 0.3) is 10.1 Å². The zero-order chi connectivity index (χ0) is 14.6. The minimum atomic E-state index is -3.67. The Morgan fingerprint density at radius 2 is 1.76 bits per heavy atom. The molecule has 0 amide bonds. The van der Waals surface area contributed by atoms with Crippen LogP contribution in [0.1, 0.15) is 12.0 Å². The van der Waals surface area contributed by atoms with Crippen LogP contribution in [0, 0.1) is 30.6 Å². The van der Waals surface area contributed by atoms with Gasteiger partial charge >= 0.3 is 0 Å². The minimum absolute atomic E-state index is 0.225. The van der Waals surface area contributed by atoms with Gasteiger partial charge in [0.15, 0.2) is 0 Å². The summed E-state index contributed by atoms with van der Waals surface area (Å²) in [5.41, 5.74) is 1.04. The van der Waals surface area contributed by atoms with Gasteiger partial charge in [-0.3, -0.25) is 4.18 Å². The normalized spacial score (nSPS) is 36.3. The van der Waals surface area contributed by atoms with E-state index in [0.717, 1.165) is 12.0 Å². The molecular weight excluding hydrogens is 284 g/mol. The Bertz CT molecular complexity index is 715. The second-order valence-corrected chi connectivity index (χ2v) is 7.88. The summed E-state index contributed by atoms with van der Waals surface area (Å²) < 4.78 is 30.4. The van der Waals surface area contributed by atoms with Crippen LogP contribution < -0.4 is 0 Å². The van der Waals surface area contributed by atoms with E-state index < -0.39 is 10.1 Å². The maximum absolute atomic E-state index is 12.4. The molecule has 0 bridgehead atoms. The van der Waals surface area contributed by atoms with Crippen LogP contribution >= 0.6 is 0 Å². The Hall–Kier alpha value is -1.39. The van der Waals surface area contributed by atoms with Gasteiger partial charge in [0.05, 0.1) is 11.0 Å². The van der Waals surface area contributed by atoms with Crippen molar-refractivity contribution >= 4 is 10.1 Å². The predicted molar refractivity (Wildman–Crippen MR) is 80.1 cm³/mol. The molecule has 0 N–H and O–H groups in total. The number of hydrogen-bond acceptors (Lipinski definition) is 3. The number of allylic oxidation sites excluding steroid dienone is 3. The minimum Gasteiger partial charge on any atom is -0.262 e. The molecule has 5 atom stereocenters. The van der Waals surface area contributed by atoms with Crippen molar-refractivity contribution in [3.05, 3.63) is 54.1 Å². The Labute approximate surface area is 125 Å². The molecule has 3 nitrogen and oxygen atoms in total. The van der Waals surface area contributed by atoms with Crippen molar-refractivity contribution in [2.45, 2.75) is 24.3 Å². The van der Waals surface area contributed by atoms with E-state index in [1.54, 1.807) is 24.3 Å². The fourth-order valence-corrected chi connectivity index (χ4v) is 5.10. The predicted octanol–water partition coefficient (Wildman–Crippen LogP) is 3.08. The number of hydrogen-bond donors (Lipinski definition) is 0. The molecule has 3 aliphatic carbocycles. The fourth-order valence-electron chi connectivity index (χ4n) is 3.99. The van der Waals surface area contributed by atoms with Gasteiger partial charge in [0, 0.05) is 5.92 Å². The summed E-state index contributed by atoms with van der Waals surface area (Å²) in [5, 5.41) is 0. The van der Waals surface area contributed by atoms with Crippen molar-refractivity contribution in [2.24, 2.45) is 23.7 Å². The van der Waals surface area contributed by atoms with Gasteiger partial charge in [-0.2, -0.15) is 8.42 Å². The lowest BCUT2D eigenvalue weighted by molar-refractivity contribution is 0.176. The van der Waals surface area contributed by atoms with Crippen LogP contribution in [0.2, 0.25) is 0 Å². The lowest BCUT2D eigenvalue weighted by Gasteiger charge is -2.19. The van der Waals surface area contributed by atoms with Crippen LogP contribution in [0.15, 0.2) is 53.5 Å². The van der Waals surface area contributed by atoms with Crippen LogP contribution in [0.4, 0.5) is 0 Å². The van der Waals surface area contributed by atoms with E-state index in [4.69, 9.17) is 4.18 Å². The first-order valence-corrected chi connectivity index (χ1v) is 8.82. The molecule has 0 aliphatic heterocycles. The zero-order valence-electron chi connectivity index (χ0n) is 11.8. The average Bonchev–Trinajstić information content (AvgIpc) is 3.08. The maximum atomic E-state index is 12.4. The van der Waals surface area contributed by atoms with E-state index in [-0.39, 0.29) is 16.9 Å². The molecular formula is C17H18O3S. The third kappa shape index (κ3) is 2.09. The smallest absolute Gasteiger partial charge is 0.262 e. The highest BCUT2D eigenvalue weighted by Gasteiger charge is 2.50. The third-order valence-electron chi connectivity index (χ3n) is 5.01. The topological polar surface area (TPSA) is 43.4 Å². The molecule has 1 fully saturated rings. The second kappa shape index (κ2) is 4.55. The Balaban J connectivity index is 1.58. The van der Waals surface area contributed by atoms with Crippen molar-refractivity contribution in [1.82, 2.24) is 0 Å². The van der Waals surface area contributed by atoms with Crippen LogP contribution in [-0.4, -0.2) is 14.5 Å². The maximum Gasteiger partial charge on any atom is 0.297 e. The molecule has 1 aromatic carbocycles. The SMILES string of the molecule is Cc1ccc(S(=O)(=O)O[C@H]2C[C@@H]3C=C[C@H]4C=C[C@H]2[C@@H]43)cc1. The Morgan fingerprint density at radius 3 is 2.52 bits per heavy atom. The van der Waals surface area contributed by atoms with Crippen molar-refractivity contribution in [2.75, 3.05) is 0 Å². The summed E-state index contributed by atoms with van der Waals surface area (Å²) in [7, 11) is -3.67. The highest BCUT2D eigenvalue weighted by Crippen LogP contribution is 2.53. The number of benzene rings is 1. The monoisotopic (exact) mass is 302 g/mol. The van der Waals surface area contributed by atoms with Crippen molar-refractivity contribution < 1.29 is 12.6 Å². The lowest BCUT2D eigenvalue weighted by atomic mass is 9.90. The molecule has 3 aliphatic rings. The Morgan fingerprint density at radius 1 is 1.05 bits per heavy atom. The van der Waals surface area contributed by atoms with Crippen molar-refractivity contribution in [1.29, 1.82) is 0 Å². The molecule has 21 heavy (non-hydrogen) atoms. The van der Waals surface area contributed by atoms with E-state index in [9.17, 15) is 8.42 Å². The van der Waals surface area contributed by atoms with Gasteiger partial charge < -0.3 is 0 Å². The Kier molecular flexibility index (Phi) is 2.88. The summed E-state index contributed by atoms with van der Waals surface area (Å²) in [6.07, 6.45) is 9.40. The number of rotatable bonds is 3. The molecule has 0 aromatic heterocycles. The second-order valence-electron chi connectivity index (χ2n) is 6.30. The standard InChI is InChI=1S/C17H18O3S/c1-11-2-7-14(8-3-11)21(18,19)20-16-10-13-5-4-12-6-9-15(16)17(12)13/h2-9,12-13,15-17H,10H2,1H3/t12-,13-,15+,16-,17-/m0/s1. The first-order chi connectivity index (χ1) is 10.0. The first-order valence-electron chi connectivity index (χ1n) is 7.41. The highest BCUT2D eigenvalue weighted by atomic mass is 32.2. The zero-order valence-corrected chi connectivity index (χ0v) is 12.7. The van der Waals surface area contributed by atoms with Gasteiger partial charge in [0.2, 0.25) is 0 Å². The largest absolute Gasteiger partial charge is 0.297 e. The van der Waals surface area contributed by atoms with E-state index in [0.29, 0.717) is 17.8 Å². The molecule has 110 valence electrons. The molecule has 1 saturated carbocycles. The van der Waals surface area contributed by atoms with Crippen LogP contribution in [0.5, 0.6) is 0 Å². The molecule has 1 aromatic rings. The van der Waals surface area contributed by atoms with E-state index >= 15 is 0 Å². The van der Waals surface area contributed by atoms with E-state index in [1.165, 1.54) is 0 Å². The molecule has 0 saturated heterocycles. The van der Waals surface area contributed by atoms with Crippen molar-refractivity contribution in [3.63, 3.8) is 0 Å². The van der Waals surface area contributed by atoms with Crippen LogP contribution in [0.25, 0.3) is 0 Å². The summed E-state index contributed by atoms with van der Waals surface area (Å²) in [6.45, 7) is 1.94. The lowest BCUT2D eigenvalue weighted by Crippen LogP contribution is -2.23. The van der Waals surface area contributed by atoms with Crippen LogP contribution in [-0.2, 0) is 14.3 Å². The molecule has 0 unspecified atom stereocenters. The van der Waals surface area contributed by atoms with Crippen LogP contribution in [0.3, 0.4) is 0 Å². The molecule has 4 heteroatoms. The summed E-state index contributed by atoms with van der Waals surface area (Å²) in [5.74, 6) is 1.70. The number of aryl methyl sites for hydroxylation is 1. The quantitative estimate of drug-likeness (QED) is 0.636. The van der Waals surface area contributed by atoms with Crippen molar-refractivity contribution in [3.8, 4) is 0 Å². The average molecular weight is 302 g/mol. The van der Waals surface area contributed by atoms with E-state index in [2.05, 4.69) is 24.3 Å². The van der Waals surface area contributed by atoms with Gasteiger partial charge in [0.1, 0.15) is 0 Å². The molecule has 0 heterocycles. The van der Waals surface area contributed by atoms with Gasteiger partial charge in [-0.1, -0.05) is 42.0 Å². The summed E-state index contributed by atoms with van der Waals surface area (Å²) >= 11 is 0. The van der Waals surface area contributed by atoms with E-state index in [1.807, 2.05) is 6.92 Å². The summed E-state index contributed by atoms with van der Waals surface area (Å²) in [6, 6.07) is 6.84. The highest BCUT2D eigenvalue weighted by molar-refractivity contribution is 7.86. The molecule has 0 radical (unpaired) electrons. The fraction of sp³-hybridized carbons (Fsp3) is 0.412. The molecule has 4 rings (SSSR count). The van der Waals surface area contributed by atoms with Gasteiger partial charge in [-0.15, -0.1) is 0 Å². The van der Waals surface area contributed by atoms with Gasteiger partial charge in [-0.25, -0.2) is 0 Å². The van der Waals surface area contributed by atoms with Gasteiger partial charge in [-0.05, 0) is 43.2 Å². The first kappa shape index (κ1) is 13.3. The molecule has 0 spiro atoms. The summed E-state index contributed by atoms with van der Waals surface area (Å²) in [4.78, 5) is 0.249. The third-order valence-corrected chi connectivity index (χ3v) is 6.36.